The number of amides is 1. The summed E-state index contributed by atoms with van der Waals surface area (Å²) in [5.41, 5.74) is 1.26. The third kappa shape index (κ3) is 6.61. The third-order valence-electron chi connectivity index (χ3n) is 3.72. The maximum Gasteiger partial charge on any atom is 0.240 e. The molecule has 0 atom stereocenters. The lowest BCUT2D eigenvalue weighted by molar-refractivity contribution is -0.119. The lowest BCUT2D eigenvalue weighted by Crippen LogP contribution is -2.41. The Bertz CT molecular complexity index is 882. The molecule has 9 heteroatoms. The molecule has 0 aromatic heterocycles. The number of nitrogens with one attached hydrogen (secondary N) is 1. The molecule has 0 fully saturated rings. The van der Waals surface area contributed by atoms with E-state index < -0.39 is 15.9 Å². The quantitative estimate of drug-likeness (QED) is 0.697. The molecule has 0 bridgehead atoms. The Morgan fingerprint density at radius 2 is 1.70 bits per heavy atom. The third-order valence-corrected chi connectivity index (χ3v) is 5.29. The number of hydrogen-bond acceptors (Lipinski definition) is 4. The fourth-order valence-corrected chi connectivity index (χ4v) is 3.76. The first-order chi connectivity index (χ1) is 12.7. The van der Waals surface area contributed by atoms with Gasteiger partial charge in [-0.2, -0.15) is 0 Å². The van der Waals surface area contributed by atoms with Gasteiger partial charge in [0.1, 0.15) is 12.3 Å². The van der Waals surface area contributed by atoms with Crippen LogP contribution in [-0.4, -0.2) is 40.8 Å². The zero-order valence-electron chi connectivity index (χ0n) is 14.9. The van der Waals surface area contributed by atoms with Crippen LogP contribution in [0.15, 0.2) is 42.5 Å². The number of methoxy groups -OCH3 is 1. The van der Waals surface area contributed by atoms with Crippen LogP contribution in [0.5, 0.6) is 5.75 Å². The maximum absolute atomic E-state index is 12.2. The molecule has 2 aromatic rings. The van der Waals surface area contributed by atoms with Crippen molar-refractivity contribution in [3.8, 4) is 5.75 Å². The normalized spacial score (nSPS) is 11.1. The average Bonchev–Trinajstić information content (AvgIpc) is 2.58. The summed E-state index contributed by atoms with van der Waals surface area (Å²) in [7, 11) is -2.10. The Kier molecular flexibility index (Phi) is 7.35. The van der Waals surface area contributed by atoms with E-state index in [1.54, 1.807) is 7.11 Å². The van der Waals surface area contributed by atoms with E-state index in [1.165, 1.54) is 18.2 Å². The van der Waals surface area contributed by atoms with Crippen molar-refractivity contribution in [3.63, 3.8) is 0 Å². The van der Waals surface area contributed by atoms with Gasteiger partial charge in [0.25, 0.3) is 0 Å². The number of rotatable bonds is 8. The minimum Gasteiger partial charge on any atom is -0.497 e. The van der Waals surface area contributed by atoms with E-state index in [2.05, 4.69) is 5.32 Å². The number of ether oxygens (including phenoxy) is 1. The molecule has 0 aliphatic heterocycles. The first kappa shape index (κ1) is 21.3. The van der Waals surface area contributed by atoms with Gasteiger partial charge in [-0.3, -0.25) is 9.10 Å². The zero-order chi connectivity index (χ0) is 20.0. The molecule has 0 heterocycles. The highest BCUT2D eigenvalue weighted by molar-refractivity contribution is 7.92. The number of sulfonamides is 1. The monoisotopic (exact) mass is 430 g/mol. The molecule has 0 aliphatic rings. The minimum atomic E-state index is -3.69. The maximum atomic E-state index is 12.2. The summed E-state index contributed by atoms with van der Waals surface area (Å²) in [5.74, 6) is 0.330. The van der Waals surface area contributed by atoms with Crippen LogP contribution in [0.1, 0.15) is 5.56 Å². The number of nitrogens with zero attached hydrogens (tertiary/aromatic N) is 1. The molecule has 6 nitrogen and oxygen atoms in total. The fraction of sp³-hybridized carbons (Fsp3) is 0.278. The van der Waals surface area contributed by atoms with Gasteiger partial charge < -0.3 is 10.1 Å². The second kappa shape index (κ2) is 9.30. The Balaban J connectivity index is 1.99. The smallest absolute Gasteiger partial charge is 0.240 e. The van der Waals surface area contributed by atoms with Gasteiger partial charge in [0.15, 0.2) is 0 Å². The van der Waals surface area contributed by atoms with E-state index in [4.69, 9.17) is 27.9 Å². The van der Waals surface area contributed by atoms with E-state index >= 15 is 0 Å². The molecule has 0 radical (unpaired) electrons. The number of carbonyl (C=O) groups is 1. The van der Waals surface area contributed by atoms with Gasteiger partial charge in [-0.05, 0) is 42.3 Å². The van der Waals surface area contributed by atoms with E-state index in [9.17, 15) is 13.2 Å². The summed E-state index contributed by atoms with van der Waals surface area (Å²) in [6, 6.07) is 11.9. The van der Waals surface area contributed by atoms with E-state index in [0.29, 0.717) is 13.0 Å². The van der Waals surface area contributed by atoms with Gasteiger partial charge in [0, 0.05) is 16.6 Å². The van der Waals surface area contributed by atoms with Crippen LogP contribution in [0, 0.1) is 0 Å². The summed E-state index contributed by atoms with van der Waals surface area (Å²) < 4.78 is 30.2. The van der Waals surface area contributed by atoms with E-state index in [-0.39, 0.29) is 22.3 Å². The van der Waals surface area contributed by atoms with Crippen LogP contribution in [-0.2, 0) is 21.2 Å². The second-order valence-electron chi connectivity index (χ2n) is 5.85. The first-order valence-electron chi connectivity index (χ1n) is 8.02. The Hall–Kier alpha value is -1.96. The van der Waals surface area contributed by atoms with Crippen LogP contribution in [0.2, 0.25) is 10.0 Å². The number of benzene rings is 2. The molecule has 0 spiro atoms. The number of carbonyl (C=O) groups excluding carboxylic acids is 1. The Morgan fingerprint density at radius 3 is 2.22 bits per heavy atom. The lowest BCUT2D eigenvalue weighted by Gasteiger charge is -2.22. The molecule has 146 valence electrons. The van der Waals surface area contributed by atoms with Crippen molar-refractivity contribution in [1.82, 2.24) is 5.32 Å². The molecule has 27 heavy (non-hydrogen) atoms. The first-order valence-corrected chi connectivity index (χ1v) is 10.6. The highest BCUT2D eigenvalue weighted by atomic mass is 35.5. The van der Waals surface area contributed by atoms with Crippen molar-refractivity contribution in [3.05, 3.63) is 58.1 Å². The van der Waals surface area contributed by atoms with Crippen molar-refractivity contribution in [2.24, 2.45) is 0 Å². The molecule has 0 unspecified atom stereocenters. The fourth-order valence-electron chi connectivity index (χ4n) is 2.41. The SMILES string of the molecule is COc1ccc(CCNC(=O)CN(c2cc(Cl)cc(Cl)c2)S(C)(=O)=O)cc1. The molecule has 2 rings (SSSR count). The molecule has 2 aromatic carbocycles. The van der Waals surface area contributed by atoms with Gasteiger partial charge in [-0.25, -0.2) is 8.42 Å². The molecular formula is C18H20Cl2N2O4S. The molecular weight excluding hydrogens is 411 g/mol. The summed E-state index contributed by atoms with van der Waals surface area (Å²) >= 11 is 11.9. The van der Waals surface area contributed by atoms with Crippen molar-refractivity contribution < 1.29 is 17.9 Å². The van der Waals surface area contributed by atoms with E-state index in [0.717, 1.165) is 21.9 Å². The number of hydrogen-bond donors (Lipinski definition) is 1. The molecule has 1 N–H and O–H groups in total. The summed E-state index contributed by atoms with van der Waals surface area (Å²) in [6.07, 6.45) is 1.63. The number of halogens is 2. The summed E-state index contributed by atoms with van der Waals surface area (Å²) in [5, 5.41) is 3.29. The van der Waals surface area contributed by atoms with Crippen LogP contribution >= 0.6 is 23.2 Å². The lowest BCUT2D eigenvalue weighted by atomic mass is 10.1. The second-order valence-corrected chi connectivity index (χ2v) is 8.62. The summed E-state index contributed by atoms with van der Waals surface area (Å²) in [4.78, 5) is 12.2. The molecule has 0 saturated carbocycles. The summed E-state index contributed by atoms with van der Waals surface area (Å²) in [6.45, 7) is 0.0111. The Labute approximate surface area is 169 Å². The van der Waals surface area contributed by atoms with Gasteiger partial charge in [-0.15, -0.1) is 0 Å². The highest BCUT2D eigenvalue weighted by Gasteiger charge is 2.21. The number of anilines is 1. The predicted octanol–water partition coefficient (Wildman–Crippen LogP) is 3.13. The van der Waals surface area contributed by atoms with Gasteiger partial charge in [0.05, 0.1) is 19.1 Å². The van der Waals surface area contributed by atoms with Gasteiger partial charge in [0.2, 0.25) is 15.9 Å². The van der Waals surface area contributed by atoms with Crippen LogP contribution in [0.4, 0.5) is 5.69 Å². The topological polar surface area (TPSA) is 75.7 Å². The van der Waals surface area contributed by atoms with Crippen LogP contribution in [0.3, 0.4) is 0 Å². The predicted molar refractivity (Wildman–Crippen MR) is 108 cm³/mol. The average molecular weight is 431 g/mol. The Morgan fingerprint density at radius 1 is 1.11 bits per heavy atom. The van der Waals surface area contributed by atoms with Crippen molar-refractivity contribution >= 4 is 44.8 Å². The van der Waals surface area contributed by atoms with Crippen LogP contribution in [0.25, 0.3) is 0 Å². The molecule has 0 saturated heterocycles. The minimum absolute atomic E-state index is 0.236. The highest BCUT2D eigenvalue weighted by Crippen LogP contribution is 2.26. The zero-order valence-corrected chi connectivity index (χ0v) is 17.2. The van der Waals surface area contributed by atoms with Crippen molar-refractivity contribution in [2.75, 3.05) is 30.8 Å². The van der Waals surface area contributed by atoms with Crippen LogP contribution < -0.4 is 14.4 Å². The van der Waals surface area contributed by atoms with Crippen molar-refractivity contribution in [2.45, 2.75) is 6.42 Å². The van der Waals surface area contributed by atoms with Gasteiger partial charge in [-0.1, -0.05) is 35.3 Å². The molecule has 0 aliphatic carbocycles. The van der Waals surface area contributed by atoms with E-state index in [1.807, 2.05) is 24.3 Å². The standard InChI is InChI=1S/C18H20Cl2N2O4S/c1-26-17-5-3-13(4-6-17)7-8-21-18(23)12-22(27(2,24)25)16-10-14(19)9-15(20)11-16/h3-6,9-11H,7-8,12H2,1-2H3,(H,21,23). The molecule has 1 amide bonds. The van der Waals surface area contributed by atoms with Gasteiger partial charge >= 0.3 is 0 Å². The van der Waals surface area contributed by atoms with Crippen molar-refractivity contribution in [1.29, 1.82) is 0 Å². The largest absolute Gasteiger partial charge is 0.497 e.